The number of aliphatic imine (C=N–C) groups is 5. The molecule has 0 atom stereocenters. The Balaban J connectivity index is 0.000000176. The molecule has 5 fully saturated rings. The van der Waals surface area contributed by atoms with E-state index in [1.807, 2.05) is 21.9 Å². The van der Waals surface area contributed by atoms with Gasteiger partial charge in [0.05, 0.1) is 51.9 Å². The van der Waals surface area contributed by atoms with Crippen LogP contribution in [-0.4, -0.2) is 307 Å². The molecule has 0 saturated carbocycles. The Kier molecular flexibility index (Phi) is 35.9. The second-order valence-corrected chi connectivity index (χ2v) is 42.4. The summed E-state index contributed by atoms with van der Waals surface area (Å²) >= 11 is 13.2. The number of aliphatic hydroxyl groups is 3. The molecule has 0 spiro atoms. The smallest absolute Gasteiger partial charge is 0.419 e. The third-order valence-electron chi connectivity index (χ3n) is 19.5. The third kappa shape index (κ3) is 30.6. The molecule has 10 aromatic rings. The van der Waals surface area contributed by atoms with Crippen LogP contribution in [0.25, 0.3) is 0 Å². The number of nitrogens with two attached hydrogens (primary N) is 4. The van der Waals surface area contributed by atoms with Crippen molar-refractivity contribution < 1.29 is 152 Å². The number of nitrogens with one attached hydrogen (secondary N) is 9. The molecule has 0 radical (unpaired) electrons. The Hall–Kier alpha value is -10.9. The van der Waals surface area contributed by atoms with Gasteiger partial charge in [0.15, 0.2) is 57.0 Å². The van der Waals surface area contributed by atoms with Gasteiger partial charge in [-0.25, -0.2) is 95.3 Å². The largest absolute Gasteiger partial charge is 0.471 e. The fraction of sp³-hybridized carbons (Fsp3) is 0.348. The second kappa shape index (κ2) is 48.2. The summed E-state index contributed by atoms with van der Waals surface area (Å²) < 4.78 is 286. The number of rotatable bonds is 33. The van der Waals surface area contributed by atoms with Crippen LogP contribution in [0.15, 0.2) is 162 Å². The molecule has 5 aliphatic heterocycles. The second-order valence-electron chi connectivity index (χ2n) is 30.1. The Morgan fingerprint density at radius 2 is 0.778 bits per heavy atom. The van der Waals surface area contributed by atoms with Gasteiger partial charge in [-0.3, -0.25) is 53.4 Å². The lowest BCUT2D eigenvalue weighted by atomic mass is 9.97. The van der Waals surface area contributed by atoms with Crippen LogP contribution < -0.4 is 73.4 Å². The highest BCUT2D eigenvalue weighted by molar-refractivity contribution is 9.11. The standard InChI is InChI=1S/C15H19BrFN7O4S.C14H17BrFN7O4S.C14H15F4N7O5S.C13H14BrFN6O6S.C13H14BrFN6O5S2/c1-18-29(26,27)24-7-9(8-24)4-5-19-14-13(22-28-23-14)15(21-25)20-10-2-3-12(17)11(16)6-10;15-10-5-9(1-2-11(10)16)19-14(20-24)12-13(22-27-21-12)18-4-3-8-6-23(7-8)28(17,25)26;15-9-2-1-7(3-8(9)14(16,17)18)21-12(22-27)10-11(24-30-23-10)20-4-13(26)5-25(6-13)31(19,28)29;14-8-3-7(1-2-9(8)15)17-11(18-23)10-12(20-27-19-10)26-6-13(22)4-21(5-13)28(16,24)25;14-8-3-7(1-2-9(8)15)17-11(18-23)10-12(20-26-19-10)27-6-13(22)4-21(5-13)28(16,24)25/h2-3,6,9,18,25H,4-5,7-8H2,1H3,(H,19,23)(H,20,21);1-2,5,8,24H,3-4,6-7H2,(H,18,22)(H,19,20)(H2,17,25,26);1-3,26-27H,4-6H2,(H,20,24)(H,21,22)(H2,19,28,29);2*1-3,22-23H,4-6H2,(H,17,18)(H2,16,24,25)/i;;5D2,6D2;;. The zero-order valence-corrected chi connectivity index (χ0v) is 83.5. The molecular formula is C69H79Br4F8N33O24S6. The normalized spacial score (nSPS) is 17.9. The predicted molar refractivity (Wildman–Crippen MR) is 496 cm³/mol. The van der Waals surface area contributed by atoms with Gasteiger partial charge in [0, 0.05) is 103 Å². The number of hydroxylamine groups is 5. The first kappa shape index (κ1) is 107. The molecule has 5 saturated heterocycles. The van der Waals surface area contributed by atoms with Gasteiger partial charge in [0.2, 0.25) is 23.1 Å². The van der Waals surface area contributed by atoms with Gasteiger partial charge in [0.25, 0.3) is 56.9 Å². The number of halogens is 12. The molecule has 0 bridgehead atoms. The summed E-state index contributed by atoms with van der Waals surface area (Å²) in [6, 6.07) is 17.7. The number of aromatic nitrogens is 10. The van der Waals surface area contributed by atoms with Crippen molar-refractivity contribution in [3.05, 3.63) is 172 Å². The number of anilines is 3. The maximum Gasteiger partial charge on any atom is 0.419 e. The predicted octanol–water partition coefficient (Wildman–Crippen LogP) is 2.17. The van der Waals surface area contributed by atoms with Crippen molar-refractivity contribution in [1.29, 1.82) is 0 Å². The van der Waals surface area contributed by atoms with E-state index in [4.69, 9.17) is 40.0 Å². The molecule has 15 rings (SSSR count). The van der Waals surface area contributed by atoms with E-state index in [0.29, 0.717) is 81.3 Å². The number of amidine groups is 5. The summed E-state index contributed by atoms with van der Waals surface area (Å²) in [4.78, 5) is 20.2. The van der Waals surface area contributed by atoms with Crippen LogP contribution >= 0.6 is 75.5 Å². The van der Waals surface area contributed by atoms with E-state index in [1.165, 1.54) is 93.9 Å². The highest BCUT2D eigenvalue weighted by Crippen LogP contribution is 2.38. The Morgan fingerprint density at radius 1 is 0.451 bits per heavy atom. The average molecular weight is 2420 g/mol. The van der Waals surface area contributed by atoms with Gasteiger partial charge in [0.1, 0.15) is 52.5 Å². The van der Waals surface area contributed by atoms with Crippen LogP contribution in [0.3, 0.4) is 0 Å². The van der Waals surface area contributed by atoms with Crippen LogP contribution in [0, 0.1) is 40.9 Å². The van der Waals surface area contributed by atoms with Gasteiger partial charge in [-0.2, -0.15) is 76.8 Å². The van der Waals surface area contributed by atoms with E-state index in [-0.39, 0.29) is 147 Å². The van der Waals surface area contributed by atoms with Gasteiger partial charge < -0.3 is 36.0 Å². The van der Waals surface area contributed by atoms with E-state index >= 15 is 0 Å². The summed E-state index contributed by atoms with van der Waals surface area (Å²) in [7, 11) is -18.3. The first-order valence-corrected chi connectivity index (χ1v) is 51.1. The highest BCUT2D eigenvalue weighted by atomic mass is 79.9. The number of β-amino-alcohol motifs (C(OH)–C–C–N with tert-alkyl or cyclic N) is 3. The Labute approximate surface area is 849 Å². The third-order valence-corrected chi connectivity index (χ3v) is 28.3. The van der Waals surface area contributed by atoms with Crippen LogP contribution in [0.5, 0.6) is 5.88 Å². The first-order valence-electron chi connectivity index (χ1n) is 41.5. The molecule has 10 heterocycles. The van der Waals surface area contributed by atoms with E-state index in [2.05, 4.69) is 175 Å². The van der Waals surface area contributed by atoms with Gasteiger partial charge in [-0.05, 0) is 231 Å². The minimum absolute atomic E-state index is 0.0396. The SMILES string of the molecule is CNS(=O)(=O)N1CC(CCNc2nonc2C(=Nc2ccc(F)c(Br)c2)NO)C1.NS(=O)(=O)N1CC(CCNc2nonc2C(=Nc2ccc(F)c(Br)c2)NO)C1.NS(=O)(=O)N1CC(O)(COc2nonc2C(=Nc2ccc(F)c(Br)c2)NO)C1.NS(=O)(=O)N1CC(O)(CSc2nonc2C(=Nc2ccc(F)c(Br)c2)NO)C1.[2H]C1([2H])N(S(N)(=O)=O)C([2H])([2H])C1(O)CNc1nonc1C(=Nc1ccc(F)c(C(F)(F)F)c1)NO. The lowest BCUT2D eigenvalue weighted by Crippen LogP contribution is -2.67. The summed E-state index contributed by atoms with van der Waals surface area (Å²) in [6.45, 7) is -6.11. The highest BCUT2D eigenvalue weighted by Gasteiger charge is 2.50. The summed E-state index contributed by atoms with van der Waals surface area (Å²) in [5.74, 6) is -4.35. The van der Waals surface area contributed by atoms with Crippen LogP contribution in [-0.2, 0) is 57.2 Å². The molecule has 144 heavy (non-hydrogen) atoms. The zero-order valence-electron chi connectivity index (χ0n) is 76.3. The quantitative estimate of drug-likeness (QED) is 0.00921. The molecule has 75 heteroatoms. The molecule has 5 aliphatic rings. The average Bonchev–Trinajstić information content (AvgIpc) is 0.924. The lowest BCUT2D eigenvalue weighted by molar-refractivity contribution is -0.140. The van der Waals surface area contributed by atoms with Crippen LogP contribution in [0.4, 0.5) is 81.0 Å². The fourth-order valence-corrected chi connectivity index (χ4v) is 18.8. The van der Waals surface area contributed by atoms with E-state index in [9.17, 15) is 119 Å². The molecular weight excluding hydrogens is 2340 g/mol. The zero-order chi connectivity index (χ0) is 109. The van der Waals surface area contributed by atoms with Gasteiger partial charge >= 0.3 is 6.18 Å². The van der Waals surface area contributed by atoms with E-state index in [0.717, 1.165) is 26.4 Å². The fourth-order valence-electron chi connectivity index (χ4n) is 12.2. The van der Waals surface area contributed by atoms with Gasteiger partial charge in [-0.15, -0.1) is 0 Å². The van der Waals surface area contributed by atoms with E-state index < -0.39 is 151 Å². The number of hydrogen-bond acceptors (Lipinski definition) is 43. The number of hydrogen-bond donors (Lipinski definition) is 21. The van der Waals surface area contributed by atoms with Crippen LogP contribution in [0.1, 0.15) is 52.4 Å². The number of benzene rings is 5. The van der Waals surface area contributed by atoms with Crippen molar-refractivity contribution in [2.75, 3.05) is 120 Å². The lowest BCUT2D eigenvalue weighted by Gasteiger charge is -2.44. The first-order chi connectivity index (χ1) is 69.2. The summed E-state index contributed by atoms with van der Waals surface area (Å²) in [6.07, 6.45) is -3.68. The topological polar surface area (TPSA) is 827 Å². The molecule has 57 nitrogen and oxygen atoms in total. The molecule has 25 N–H and O–H groups in total. The molecule has 5 aromatic carbocycles. The number of ether oxygens (including phenoxy) is 1. The minimum atomic E-state index is -5.05. The number of nitrogens with zero attached hydrogens (tertiary/aromatic N) is 20. The van der Waals surface area contributed by atoms with Crippen molar-refractivity contribution in [3.8, 4) is 5.88 Å². The monoisotopic (exact) mass is 2420 g/mol. The summed E-state index contributed by atoms with van der Waals surface area (Å²) in [5.41, 5.74) is 2.04. The van der Waals surface area contributed by atoms with Crippen molar-refractivity contribution in [1.82, 2.24) is 105 Å². The van der Waals surface area contributed by atoms with Gasteiger partial charge in [-0.1, -0.05) is 11.8 Å². The maximum absolute atomic E-state index is 13.5. The molecule has 0 unspecified atom stereocenters. The molecule has 5 aromatic heterocycles. The van der Waals surface area contributed by atoms with Crippen molar-refractivity contribution in [2.24, 2.45) is 57.4 Å². The van der Waals surface area contributed by atoms with E-state index in [1.54, 1.807) is 0 Å². The number of thioether (sulfide) groups is 1. The van der Waals surface area contributed by atoms with Crippen LogP contribution in [0.2, 0.25) is 0 Å². The minimum Gasteiger partial charge on any atom is -0.471 e. The molecule has 0 amide bonds. The Bertz CT molecular complexity index is 7040. The van der Waals surface area contributed by atoms with Crippen molar-refractivity contribution >= 4 is 202 Å². The molecule has 0 aliphatic carbocycles. The Morgan fingerprint density at radius 3 is 1.15 bits per heavy atom. The molecule has 784 valence electrons. The van der Waals surface area contributed by atoms with Crippen molar-refractivity contribution in [3.63, 3.8) is 0 Å². The number of alkyl halides is 3. The van der Waals surface area contributed by atoms with Crippen molar-refractivity contribution in [2.45, 2.75) is 40.8 Å². The summed E-state index contributed by atoms with van der Waals surface area (Å²) in [5, 5.41) is 142. The maximum atomic E-state index is 13.5.